The minimum absolute atomic E-state index is 0.980. The zero-order valence-electron chi connectivity index (χ0n) is 9.50. The third kappa shape index (κ3) is 3.33. The first-order valence-corrected chi connectivity index (χ1v) is 7.52. The van der Waals surface area contributed by atoms with Crippen LogP contribution in [0, 0.1) is 13.8 Å². The van der Waals surface area contributed by atoms with Crippen LogP contribution in [-0.2, 0) is 0 Å². The van der Waals surface area contributed by atoms with E-state index in [4.69, 9.17) is 0 Å². The van der Waals surface area contributed by atoms with Crippen LogP contribution in [0.3, 0.4) is 0 Å². The molecule has 0 bridgehead atoms. The molecule has 17 heavy (non-hydrogen) atoms. The summed E-state index contributed by atoms with van der Waals surface area (Å²) in [6.45, 7) is 4.25. The summed E-state index contributed by atoms with van der Waals surface area (Å²) < 4.78 is 1.99. The second-order valence-corrected chi connectivity index (χ2v) is 6.62. The van der Waals surface area contributed by atoms with Crippen LogP contribution in [0.15, 0.2) is 49.3 Å². The maximum absolute atomic E-state index is 4.39. The van der Waals surface area contributed by atoms with E-state index in [0.29, 0.717) is 0 Å². The highest BCUT2D eigenvalue weighted by atomic mass is 79.9. The number of aryl methyl sites for hydroxylation is 2. The molecule has 0 saturated heterocycles. The second kappa shape index (κ2) is 5.55. The lowest BCUT2D eigenvalue weighted by Crippen LogP contribution is -1.84. The molecule has 0 unspecified atom stereocenters. The van der Waals surface area contributed by atoms with Gasteiger partial charge in [-0.25, -0.2) is 4.98 Å². The molecule has 2 aromatic rings. The average molecular weight is 373 g/mol. The molecule has 2 rings (SSSR count). The Kier molecular flexibility index (Phi) is 4.28. The first kappa shape index (κ1) is 13.1. The molecule has 0 aliphatic heterocycles. The van der Waals surface area contributed by atoms with Crippen LogP contribution in [0.1, 0.15) is 11.1 Å². The number of hydrogen-bond acceptors (Lipinski definition) is 2. The number of benzene rings is 1. The average Bonchev–Trinajstić information content (AvgIpc) is 2.27. The number of pyridine rings is 1. The van der Waals surface area contributed by atoms with Gasteiger partial charge in [-0.05, 0) is 75.0 Å². The summed E-state index contributed by atoms with van der Waals surface area (Å²) in [6, 6.07) is 8.47. The molecule has 0 saturated carbocycles. The minimum atomic E-state index is 0.980. The molecule has 0 aliphatic rings. The topological polar surface area (TPSA) is 12.9 Å². The summed E-state index contributed by atoms with van der Waals surface area (Å²) >= 11 is 8.59. The normalized spacial score (nSPS) is 10.6. The third-order valence-corrected chi connectivity index (χ3v) is 4.78. The van der Waals surface area contributed by atoms with Crippen LogP contribution in [0.4, 0.5) is 0 Å². The van der Waals surface area contributed by atoms with Crippen LogP contribution in [0.2, 0.25) is 0 Å². The van der Waals surface area contributed by atoms with Gasteiger partial charge in [-0.3, -0.25) is 0 Å². The highest BCUT2D eigenvalue weighted by molar-refractivity contribution is 9.11. The van der Waals surface area contributed by atoms with Crippen molar-refractivity contribution in [3.8, 4) is 0 Å². The zero-order valence-corrected chi connectivity index (χ0v) is 13.5. The van der Waals surface area contributed by atoms with Gasteiger partial charge >= 0.3 is 0 Å². The number of aromatic nitrogens is 1. The third-order valence-electron chi connectivity index (χ3n) is 2.47. The number of hydrogen-bond donors (Lipinski definition) is 0. The Morgan fingerprint density at radius 1 is 1.06 bits per heavy atom. The molecule has 1 heterocycles. The fourth-order valence-electron chi connectivity index (χ4n) is 1.37. The summed E-state index contributed by atoms with van der Waals surface area (Å²) in [5.74, 6) is 0. The van der Waals surface area contributed by atoms with Crippen molar-refractivity contribution in [2.75, 3.05) is 0 Å². The van der Waals surface area contributed by atoms with E-state index in [1.54, 1.807) is 11.8 Å². The van der Waals surface area contributed by atoms with E-state index in [1.807, 2.05) is 12.3 Å². The lowest BCUT2D eigenvalue weighted by molar-refractivity contribution is 1.10. The lowest BCUT2D eigenvalue weighted by Gasteiger charge is -2.06. The fourth-order valence-corrected chi connectivity index (χ4v) is 3.45. The molecular weight excluding hydrogens is 362 g/mol. The van der Waals surface area contributed by atoms with Crippen LogP contribution >= 0.6 is 43.6 Å². The Labute approximate surface area is 122 Å². The van der Waals surface area contributed by atoms with Crippen molar-refractivity contribution in [2.45, 2.75) is 23.8 Å². The van der Waals surface area contributed by atoms with Gasteiger partial charge in [0.2, 0.25) is 0 Å². The Hall–Kier alpha value is -0.320. The Balaban J connectivity index is 2.28. The number of rotatable bonds is 2. The second-order valence-electron chi connectivity index (χ2n) is 3.79. The van der Waals surface area contributed by atoms with Crippen LogP contribution in [-0.4, -0.2) is 4.98 Å². The number of nitrogens with zero attached hydrogens (tertiary/aromatic N) is 1. The summed E-state index contributed by atoms with van der Waals surface area (Å²) in [7, 11) is 0. The van der Waals surface area contributed by atoms with E-state index in [9.17, 15) is 0 Å². The van der Waals surface area contributed by atoms with Gasteiger partial charge in [0.15, 0.2) is 0 Å². The zero-order chi connectivity index (χ0) is 12.4. The lowest BCUT2D eigenvalue weighted by atomic mass is 10.1. The van der Waals surface area contributed by atoms with Crippen molar-refractivity contribution in [1.29, 1.82) is 0 Å². The fraction of sp³-hybridized carbons (Fsp3) is 0.154. The molecule has 1 nitrogen and oxygen atoms in total. The van der Waals surface area contributed by atoms with Gasteiger partial charge in [0.05, 0.1) is 4.47 Å². The summed E-state index contributed by atoms with van der Waals surface area (Å²) in [4.78, 5) is 5.61. The molecule has 0 radical (unpaired) electrons. The summed E-state index contributed by atoms with van der Waals surface area (Å²) in [6.07, 6.45) is 1.81. The van der Waals surface area contributed by atoms with E-state index in [-0.39, 0.29) is 0 Å². The molecule has 0 spiro atoms. The molecule has 0 N–H and O–H groups in total. The van der Waals surface area contributed by atoms with E-state index >= 15 is 0 Å². The van der Waals surface area contributed by atoms with E-state index in [2.05, 4.69) is 68.9 Å². The van der Waals surface area contributed by atoms with E-state index < -0.39 is 0 Å². The molecule has 0 amide bonds. The predicted octanol–water partition coefficient (Wildman–Crippen LogP) is 5.37. The summed E-state index contributed by atoms with van der Waals surface area (Å²) in [5.41, 5.74) is 2.63. The Morgan fingerprint density at radius 3 is 2.47 bits per heavy atom. The van der Waals surface area contributed by atoms with Gasteiger partial charge in [-0.15, -0.1) is 0 Å². The van der Waals surface area contributed by atoms with Crippen LogP contribution in [0.25, 0.3) is 0 Å². The van der Waals surface area contributed by atoms with Crippen molar-refractivity contribution in [1.82, 2.24) is 4.98 Å². The summed E-state index contributed by atoms with van der Waals surface area (Å²) in [5, 5.41) is 0.983. The highest BCUT2D eigenvalue weighted by Gasteiger charge is 2.05. The quantitative estimate of drug-likeness (QED) is 0.702. The van der Waals surface area contributed by atoms with Crippen molar-refractivity contribution in [2.24, 2.45) is 0 Å². The van der Waals surface area contributed by atoms with Crippen LogP contribution < -0.4 is 0 Å². The molecular formula is C13H11Br2NS. The molecule has 0 aliphatic carbocycles. The molecule has 4 heteroatoms. The van der Waals surface area contributed by atoms with E-state index in [0.717, 1.165) is 14.0 Å². The number of halogens is 2. The monoisotopic (exact) mass is 371 g/mol. The Bertz CT molecular complexity index is 555. The van der Waals surface area contributed by atoms with Gasteiger partial charge in [0.25, 0.3) is 0 Å². The molecule has 1 aromatic carbocycles. The molecule has 0 fully saturated rings. The first-order chi connectivity index (χ1) is 8.06. The first-order valence-electron chi connectivity index (χ1n) is 5.12. The SMILES string of the molecule is Cc1ccc(Sc2ncc(Br)cc2Br)cc1C. The molecule has 1 aromatic heterocycles. The molecule has 88 valence electrons. The van der Waals surface area contributed by atoms with Gasteiger partial charge in [-0.1, -0.05) is 17.8 Å². The van der Waals surface area contributed by atoms with Gasteiger partial charge in [0, 0.05) is 15.6 Å². The predicted molar refractivity (Wildman–Crippen MR) is 79.7 cm³/mol. The minimum Gasteiger partial charge on any atom is -0.247 e. The van der Waals surface area contributed by atoms with Crippen molar-refractivity contribution in [3.05, 3.63) is 50.5 Å². The highest BCUT2D eigenvalue weighted by Crippen LogP contribution is 2.33. The maximum Gasteiger partial charge on any atom is 0.115 e. The van der Waals surface area contributed by atoms with Gasteiger partial charge < -0.3 is 0 Å². The van der Waals surface area contributed by atoms with Crippen molar-refractivity contribution < 1.29 is 0 Å². The van der Waals surface area contributed by atoms with Crippen LogP contribution in [0.5, 0.6) is 0 Å². The van der Waals surface area contributed by atoms with Crippen molar-refractivity contribution >= 4 is 43.6 Å². The smallest absolute Gasteiger partial charge is 0.115 e. The molecule has 0 atom stereocenters. The standard InChI is InChI=1S/C13H11Br2NS/c1-8-3-4-11(5-9(8)2)17-13-12(15)6-10(14)7-16-13/h3-7H,1-2H3. The Morgan fingerprint density at radius 2 is 1.82 bits per heavy atom. The van der Waals surface area contributed by atoms with Crippen molar-refractivity contribution in [3.63, 3.8) is 0 Å². The van der Waals surface area contributed by atoms with E-state index in [1.165, 1.54) is 16.0 Å². The van der Waals surface area contributed by atoms with Gasteiger partial charge in [0.1, 0.15) is 5.03 Å². The largest absolute Gasteiger partial charge is 0.247 e. The van der Waals surface area contributed by atoms with Gasteiger partial charge in [-0.2, -0.15) is 0 Å². The maximum atomic E-state index is 4.39.